The first kappa shape index (κ1) is 26.0. The van der Waals surface area contributed by atoms with Gasteiger partial charge in [-0.2, -0.15) is 0 Å². The second-order valence-electron chi connectivity index (χ2n) is 11.6. The third-order valence-corrected chi connectivity index (χ3v) is 12.9. The molecule has 0 radical (unpaired) electrons. The van der Waals surface area contributed by atoms with Crippen LogP contribution in [0.25, 0.3) is 0 Å². The van der Waals surface area contributed by atoms with Crippen LogP contribution < -0.4 is 0 Å². The molecule has 1 unspecified atom stereocenters. The molecule has 0 N–H and O–H groups in total. The van der Waals surface area contributed by atoms with E-state index in [0.717, 1.165) is 12.8 Å². The van der Waals surface area contributed by atoms with Crippen LogP contribution in [-0.2, 0) is 28.3 Å². The van der Waals surface area contributed by atoms with Gasteiger partial charge in [0.15, 0.2) is 14.6 Å². The first-order valence-corrected chi connectivity index (χ1v) is 14.5. The van der Waals surface area contributed by atoms with Gasteiger partial charge in [-0.1, -0.05) is 34.1 Å². The molecule has 178 valence electrons. The van der Waals surface area contributed by atoms with E-state index in [1.54, 1.807) is 6.92 Å². The van der Waals surface area contributed by atoms with Gasteiger partial charge in [0.1, 0.15) is 5.78 Å². The van der Waals surface area contributed by atoms with Crippen molar-refractivity contribution in [2.75, 3.05) is 7.11 Å². The highest BCUT2D eigenvalue weighted by molar-refractivity contribution is 6.74. The highest BCUT2D eigenvalue weighted by Crippen LogP contribution is 2.59. The molecule has 2 fully saturated rings. The normalized spacial score (nSPS) is 34.4. The van der Waals surface area contributed by atoms with Gasteiger partial charge in [0.2, 0.25) is 0 Å². The fraction of sp³-hybridized carbons (Fsp3) is 0.875. The molecule has 2 aliphatic rings. The van der Waals surface area contributed by atoms with Gasteiger partial charge in [-0.25, -0.2) is 0 Å². The van der Waals surface area contributed by atoms with E-state index < -0.39 is 31.4 Å². The zero-order valence-electron chi connectivity index (χ0n) is 20.9. The van der Waals surface area contributed by atoms with Gasteiger partial charge in [0.05, 0.1) is 18.4 Å². The van der Waals surface area contributed by atoms with Crippen LogP contribution in [0.5, 0.6) is 0 Å². The molecule has 1 saturated carbocycles. The molecule has 0 amide bonds. The summed E-state index contributed by atoms with van der Waals surface area (Å²) in [6.45, 7) is 16.3. The van der Waals surface area contributed by atoms with Gasteiger partial charge >= 0.3 is 11.9 Å². The summed E-state index contributed by atoms with van der Waals surface area (Å²) in [7, 11) is -0.788. The van der Waals surface area contributed by atoms with Crippen LogP contribution in [0.1, 0.15) is 80.1 Å². The number of fused-ring (bicyclic) bond motifs is 1. The van der Waals surface area contributed by atoms with Gasteiger partial charge in [0.25, 0.3) is 0 Å². The number of ether oxygens (including phenoxy) is 2. The second-order valence-corrected chi connectivity index (χ2v) is 16.4. The lowest BCUT2D eigenvalue weighted by Crippen LogP contribution is -2.52. The van der Waals surface area contributed by atoms with Crippen LogP contribution in [0.3, 0.4) is 0 Å². The topological polar surface area (TPSA) is 78.9 Å². The second kappa shape index (κ2) is 8.97. The van der Waals surface area contributed by atoms with Crippen LogP contribution in [-0.4, -0.2) is 39.4 Å². The first-order chi connectivity index (χ1) is 14.1. The predicted molar refractivity (Wildman–Crippen MR) is 122 cm³/mol. The van der Waals surface area contributed by atoms with E-state index >= 15 is 0 Å². The lowest BCUT2D eigenvalue weighted by atomic mass is 9.50. The van der Waals surface area contributed by atoms with E-state index in [-0.39, 0.29) is 28.7 Å². The lowest BCUT2D eigenvalue weighted by molar-refractivity contribution is -0.170. The highest BCUT2D eigenvalue weighted by Gasteiger charge is 2.60. The fourth-order valence-electron chi connectivity index (χ4n) is 5.43. The third kappa shape index (κ3) is 5.08. The smallest absolute Gasteiger partial charge is 0.311 e. The van der Waals surface area contributed by atoms with Crippen molar-refractivity contribution in [3.8, 4) is 0 Å². The molecule has 7 heteroatoms. The summed E-state index contributed by atoms with van der Waals surface area (Å²) in [5.41, 5.74) is -1.18. The molecule has 6 nitrogen and oxygen atoms in total. The van der Waals surface area contributed by atoms with Crippen LogP contribution in [0.15, 0.2) is 0 Å². The molecule has 1 heterocycles. The minimum absolute atomic E-state index is 0.0404. The molecule has 0 spiro atoms. The number of Topliss-reactive ketones (excluding diaryl/α,β-unsaturated/α-hetero) is 1. The summed E-state index contributed by atoms with van der Waals surface area (Å²) >= 11 is 0. The van der Waals surface area contributed by atoms with Crippen LogP contribution in [0, 0.1) is 22.7 Å². The molecule has 5 atom stereocenters. The van der Waals surface area contributed by atoms with Crippen molar-refractivity contribution >= 4 is 26.0 Å². The standard InChI is InChI=1S/C24H42O6Si/c1-16(25)11-12-17-20(26)29-19(30-31(8,9)22(2,3)4)15-18-23(17,5)13-10-14-24(18,6)21(27)28-7/h17-19H,10-15H2,1-9H3/t17-,18?,19+,23+,24-/m0/s1. The minimum atomic E-state index is -2.21. The molecule has 31 heavy (non-hydrogen) atoms. The van der Waals surface area contributed by atoms with Crippen LogP contribution in [0.2, 0.25) is 18.1 Å². The molecule has 1 aliphatic carbocycles. The van der Waals surface area contributed by atoms with Crippen molar-refractivity contribution in [2.24, 2.45) is 22.7 Å². The van der Waals surface area contributed by atoms with Crippen molar-refractivity contribution in [3.63, 3.8) is 0 Å². The van der Waals surface area contributed by atoms with E-state index in [0.29, 0.717) is 25.7 Å². The number of hydrogen-bond acceptors (Lipinski definition) is 6. The average Bonchev–Trinajstić information content (AvgIpc) is 2.72. The van der Waals surface area contributed by atoms with E-state index in [2.05, 4.69) is 40.8 Å². The maximum atomic E-state index is 13.4. The number of methoxy groups -OCH3 is 1. The summed E-state index contributed by atoms with van der Waals surface area (Å²) < 4.78 is 17.7. The number of carbonyl (C=O) groups is 3. The van der Waals surface area contributed by atoms with E-state index in [4.69, 9.17) is 13.9 Å². The zero-order valence-corrected chi connectivity index (χ0v) is 21.9. The Hall–Kier alpha value is -1.21. The monoisotopic (exact) mass is 454 g/mol. The summed E-state index contributed by atoms with van der Waals surface area (Å²) in [5.74, 6) is -1.07. The van der Waals surface area contributed by atoms with Gasteiger partial charge in [-0.3, -0.25) is 9.59 Å². The Morgan fingerprint density at radius 3 is 2.32 bits per heavy atom. The number of hydrogen-bond donors (Lipinski definition) is 0. The van der Waals surface area contributed by atoms with Gasteiger partial charge < -0.3 is 18.7 Å². The Labute approximate surface area is 188 Å². The first-order valence-electron chi connectivity index (χ1n) is 11.5. The number of cyclic esters (lactones) is 1. The summed E-state index contributed by atoms with van der Waals surface area (Å²) in [6.07, 6.45) is 2.89. The molecule has 0 aromatic carbocycles. The summed E-state index contributed by atoms with van der Waals surface area (Å²) in [5, 5.41) is -0.0404. The fourth-order valence-corrected chi connectivity index (χ4v) is 6.59. The van der Waals surface area contributed by atoms with Crippen LogP contribution >= 0.6 is 0 Å². The molecule has 0 bridgehead atoms. The molecule has 0 aromatic rings. The number of ketones is 1. The van der Waals surface area contributed by atoms with Gasteiger partial charge in [-0.15, -0.1) is 0 Å². The van der Waals surface area contributed by atoms with Gasteiger partial charge in [0, 0.05) is 12.8 Å². The van der Waals surface area contributed by atoms with Crippen molar-refractivity contribution in [3.05, 3.63) is 0 Å². The van der Waals surface area contributed by atoms with Crippen molar-refractivity contribution in [1.29, 1.82) is 0 Å². The Morgan fingerprint density at radius 2 is 1.81 bits per heavy atom. The number of rotatable bonds is 6. The molecule has 1 aliphatic heterocycles. The lowest BCUT2D eigenvalue weighted by Gasteiger charge is -2.52. The predicted octanol–water partition coefficient (Wildman–Crippen LogP) is 5.25. The van der Waals surface area contributed by atoms with Crippen molar-refractivity contribution < 1.29 is 28.3 Å². The van der Waals surface area contributed by atoms with Crippen LogP contribution in [0.4, 0.5) is 0 Å². The SMILES string of the molecule is COC(=O)[C@@]1(C)CCC[C@@]2(C)C1C[C@@H](O[Si](C)(C)C(C)(C)C)OC(=O)[C@@H]2CCC(C)=O. The Bertz CT molecular complexity index is 711. The quantitative estimate of drug-likeness (QED) is 0.403. The molecule has 1 saturated heterocycles. The highest BCUT2D eigenvalue weighted by atomic mass is 28.4. The number of carbonyl (C=O) groups excluding carboxylic acids is 3. The Balaban J connectivity index is 2.51. The van der Waals surface area contributed by atoms with Crippen molar-refractivity contribution in [2.45, 2.75) is 104 Å². The molecule has 2 rings (SSSR count). The zero-order chi connectivity index (χ0) is 23.8. The maximum absolute atomic E-state index is 13.4. The molecular formula is C24H42O6Si. The third-order valence-electron chi connectivity index (χ3n) is 8.40. The van der Waals surface area contributed by atoms with E-state index in [9.17, 15) is 14.4 Å². The largest absolute Gasteiger partial charge is 0.469 e. The summed E-state index contributed by atoms with van der Waals surface area (Å²) in [4.78, 5) is 38.1. The molecular weight excluding hydrogens is 412 g/mol. The Morgan fingerprint density at radius 1 is 1.19 bits per heavy atom. The Kier molecular flexibility index (Phi) is 7.53. The molecule has 0 aromatic heterocycles. The van der Waals surface area contributed by atoms with E-state index in [1.807, 2.05) is 6.92 Å². The minimum Gasteiger partial charge on any atom is -0.469 e. The van der Waals surface area contributed by atoms with E-state index in [1.165, 1.54) is 7.11 Å². The average molecular weight is 455 g/mol. The maximum Gasteiger partial charge on any atom is 0.311 e. The summed E-state index contributed by atoms with van der Waals surface area (Å²) in [6, 6.07) is 0. The van der Waals surface area contributed by atoms with Crippen molar-refractivity contribution in [1.82, 2.24) is 0 Å². The number of esters is 2. The van der Waals surface area contributed by atoms with Gasteiger partial charge in [-0.05, 0) is 62.6 Å².